The molecule has 0 fully saturated rings. The third kappa shape index (κ3) is 3.63. The fourth-order valence-electron chi connectivity index (χ4n) is 2.26. The lowest BCUT2D eigenvalue weighted by atomic mass is 10.1. The third-order valence-corrected chi connectivity index (χ3v) is 3.80. The molecule has 1 amide bonds. The van der Waals surface area contributed by atoms with E-state index in [-0.39, 0.29) is 12.5 Å². The van der Waals surface area contributed by atoms with Crippen molar-refractivity contribution in [3.63, 3.8) is 0 Å². The lowest BCUT2D eigenvalue weighted by molar-refractivity contribution is 0.0769. The number of hydrogen-bond acceptors (Lipinski definition) is 4. The van der Waals surface area contributed by atoms with Gasteiger partial charge in [0.25, 0.3) is 5.91 Å². The van der Waals surface area contributed by atoms with Crippen LogP contribution in [0.15, 0.2) is 53.1 Å². The van der Waals surface area contributed by atoms with E-state index in [4.69, 9.17) is 16.1 Å². The van der Waals surface area contributed by atoms with Gasteiger partial charge in [-0.05, 0) is 25.1 Å². The van der Waals surface area contributed by atoms with E-state index in [9.17, 15) is 4.79 Å². The van der Waals surface area contributed by atoms with Crippen LogP contribution >= 0.6 is 11.6 Å². The van der Waals surface area contributed by atoms with Crippen LogP contribution in [0.25, 0.3) is 11.4 Å². The van der Waals surface area contributed by atoms with E-state index < -0.39 is 0 Å². The number of hydrogen-bond donors (Lipinski definition) is 0. The Kier molecular flexibility index (Phi) is 4.62. The molecule has 122 valence electrons. The van der Waals surface area contributed by atoms with Crippen molar-refractivity contribution in [1.29, 1.82) is 0 Å². The molecular formula is C18H16ClN3O2. The fourth-order valence-corrected chi connectivity index (χ4v) is 2.45. The Balaban J connectivity index is 1.72. The van der Waals surface area contributed by atoms with Crippen molar-refractivity contribution in [2.75, 3.05) is 7.05 Å². The van der Waals surface area contributed by atoms with Crippen LogP contribution in [0.3, 0.4) is 0 Å². The van der Waals surface area contributed by atoms with Gasteiger partial charge in [0.15, 0.2) is 0 Å². The second-order valence-corrected chi connectivity index (χ2v) is 5.99. The first-order valence-corrected chi connectivity index (χ1v) is 7.81. The van der Waals surface area contributed by atoms with E-state index in [1.54, 1.807) is 31.3 Å². The van der Waals surface area contributed by atoms with E-state index in [1.807, 2.05) is 31.2 Å². The van der Waals surface area contributed by atoms with E-state index >= 15 is 0 Å². The molecular weight excluding hydrogens is 326 g/mol. The summed E-state index contributed by atoms with van der Waals surface area (Å²) in [5.74, 6) is 0.727. The summed E-state index contributed by atoms with van der Waals surface area (Å²) in [5.41, 5.74) is 2.55. The first-order chi connectivity index (χ1) is 11.5. The molecule has 0 N–H and O–H groups in total. The molecule has 0 unspecified atom stereocenters. The van der Waals surface area contributed by atoms with Gasteiger partial charge in [-0.2, -0.15) is 4.98 Å². The molecule has 0 saturated heterocycles. The van der Waals surface area contributed by atoms with Gasteiger partial charge >= 0.3 is 0 Å². The topological polar surface area (TPSA) is 59.2 Å². The quantitative estimate of drug-likeness (QED) is 0.720. The second kappa shape index (κ2) is 6.84. The van der Waals surface area contributed by atoms with Crippen LogP contribution in [0.1, 0.15) is 21.8 Å². The summed E-state index contributed by atoms with van der Waals surface area (Å²) in [4.78, 5) is 18.3. The van der Waals surface area contributed by atoms with Crippen LogP contribution in [-0.4, -0.2) is 28.0 Å². The van der Waals surface area contributed by atoms with Crippen molar-refractivity contribution in [3.8, 4) is 11.4 Å². The number of halogens is 1. The molecule has 0 spiro atoms. The van der Waals surface area contributed by atoms with Crippen molar-refractivity contribution in [2.24, 2.45) is 0 Å². The minimum Gasteiger partial charge on any atom is -0.337 e. The van der Waals surface area contributed by atoms with Gasteiger partial charge in [-0.15, -0.1) is 0 Å². The van der Waals surface area contributed by atoms with Gasteiger partial charge in [-0.3, -0.25) is 4.79 Å². The highest BCUT2D eigenvalue weighted by atomic mass is 35.5. The number of carbonyl (C=O) groups excluding carboxylic acids is 1. The Morgan fingerprint density at radius 2 is 1.96 bits per heavy atom. The molecule has 24 heavy (non-hydrogen) atoms. The molecule has 0 aliphatic heterocycles. The maximum atomic E-state index is 12.4. The van der Waals surface area contributed by atoms with Crippen molar-refractivity contribution < 1.29 is 9.32 Å². The Hall–Kier alpha value is -2.66. The third-order valence-electron chi connectivity index (χ3n) is 3.57. The van der Waals surface area contributed by atoms with Gasteiger partial charge in [0.2, 0.25) is 11.7 Å². The summed E-state index contributed by atoms with van der Waals surface area (Å²) in [7, 11) is 1.68. The molecule has 2 aromatic carbocycles. The fraction of sp³-hybridized carbons (Fsp3) is 0.167. The first-order valence-electron chi connectivity index (χ1n) is 7.43. The van der Waals surface area contributed by atoms with Crippen LogP contribution in [0.2, 0.25) is 5.02 Å². The summed E-state index contributed by atoms with van der Waals surface area (Å²) in [6, 6.07) is 14.7. The minimum atomic E-state index is -0.160. The van der Waals surface area contributed by atoms with E-state index in [0.717, 1.165) is 11.1 Å². The van der Waals surface area contributed by atoms with E-state index in [1.165, 1.54) is 4.90 Å². The van der Waals surface area contributed by atoms with E-state index in [0.29, 0.717) is 22.3 Å². The molecule has 3 aromatic rings. The molecule has 0 saturated carbocycles. The van der Waals surface area contributed by atoms with Crippen LogP contribution < -0.4 is 0 Å². The number of aromatic nitrogens is 2. The Bertz CT molecular complexity index is 859. The first kappa shape index (κ1) is 16.2. The van der Waals surface area contributed by atoms with Crippen LogP contribution in [0.4, 0.5) is 0 Å². The van der Waals surface area contributed by atoms with Crippen molar-refractivity contribution in [1.82, 2.24) is 15.0 Å². The summed E-state index contributed by atoms with van der Waals surface area (Å²) >= 11 is 5.92. The van der Waals surface area contributed by atoms with Crippen LogP contribution in [-0.2, 0) is 6.54 Å². The molecule has 0 bridgehead atoms. The van der Waals surface area contributed by atoms with Gasteiger partial charge in [-0.25, -0.2) is 0 Å². The maximum Gasteiger partial charge on any atom is 0.254 e. The maximum absolute atomic E-state index is 12.4. The predicted octanol–water partition coefficient (Wildman–Crippen LogP) is 3.97. The molecule has 3 rings (SSSR count). The smallest absolute Gasteiger partial charge is 0.254 e. The molecule has 0 radical (unpaired) electrons. The highest BCUT2D eigenvalue weighted by molar-refractivity contribution is 6.30. The van der Waals surface area contributed by atoms with Gasteiger partial charge in [0.1, 0.15) is 0 Å². The van der Waals surface area contributed by atoms with Gasteiger partial charge in [0.05, 0.1) is 6.54 Å². The monoisotopic (exact) mass is 341 g/mol. The second-order valence-electron chi connectivity index (χ2n) is 5.55. The lowest BCUT2D eigenvalue weighted by Gasteiger charge is -2.14. The standard InChI is InChI=1S/C18H16ClN3O2/c1-12-6-8-13(9-7-12)17-20-16(24-21-17)11-22(2)18(23)14-4-3-5-15(19)10-14/h3-10H,11H2,1-2H3. The summed E-state index contributed by atoms with van der Waals surface area (Å²) in [6.45, 7) is 2.24. The SMILES string of the molecule is Cc1ccc(-c2noc(CN(C)C(=O)c3cccc(Cl)c3)n2)cc1. The highest BCUT2D eigenvalue weighted by Gasteiger charge is 2.16. The Morgan fingerprint density at radius 1 is 1.21 bits per heavy atom. The van der Waals surface area contributed by atoms with Crippen molar-refractivity contribution in [2.45, 2.75) is 13.5 Å². The zero-order chi connectivity index (χ0) is 17.1. The summed E-state index contributed by atoms with van der Waals surface area (Å²) < 4.78 is 5.25. The number of rotatable bonds is 4. The average molecular weight is 342 g/mol. The average Bonchev–Trinajstić information content (AvgIpc) is 3.03. The predicted molar refractivity (Wildman–Crippen MR) is 91.7 cm³/mol. The van der Waals surface area contributed by atoms with Gasteiger partial charge in [0, 0.05) is 23.2 Å². The molecule has 0 aliphatic carbocycles. The van der Waals surface area contributed by atoms with Crippen LogP contribution in [0.5, 0.6) is 0 Å². The molecule has 0 aliphatic rings. The van der Waals surface area contributed by atoms with Crippen LogP contribution in [0, 0.1) is 6.92 Å². The number of nitrogens with zero attached hydrogens (tertiary/aromatic N) is 3. The number of aryl methyl sites for hydroxylation is 1. The van der Waals surface area contributed by atoms with Gasteiger partial charge < -0.3 is 9.42 Å². The lowest BCUT2D eigenvalue weighted by Crippen LogP contribution is -2.26. The molecule has 1 aromatic heterocycles. The van der Waals surface area contributed by atoms with E-state index in [2.05, 4.69) is 10.1 Å². The molecule has 0 atom stereocenters. The molecule has 6 heteroatoms. The minimum absolute atomic E-state index is 0.160. The molecule has 5 nitrogen and oxygen atoms in total. The highest BCUT2D eigenvalue weighted by Crippen LogP contribution is 2.18. The summed E-state index contributed by atoms with van der Waals surface area (Å²) in [5, 5.41) is 4.49. The number of benzene rings is 2. The van der Waals surface area contributed by atoms with Gasteiger partial charge in [-0.1, -0.05) is 52.7 Å². The Morgan fingerprint density at radius 3 is 2.67 bits per heavy atom. The molecule has 1 heterocycles. The Labute approximate surface area is 144 Å². The zero-order valence-electron chi connectivity index (χ0n) is 13.4. The zero-order valence-corrected chi connectivity index (χ0v) is 14.1. The number of carbonyl (C=O) groups is 1. The normalized spacial score (nSPS) is 10.6. The van der Waals surface area contributed by atoms with Crippen molar-refractivity contribution in [3.05, 3.63) is 70.6 Å². The largest absolute Gasteiger partial charge is 0.337 e. The number of amides is 1. The summed E-state index contributed by atoms with van der Waals surface area (Å²) in [6.07, 6.45) is 0. The van der Waals surface area contributed by atoms with Crippen molar-refractivity contribution >= 4 is 17.5 Å².